The number of rotatable bonds is 6. The molecule has 2 atom stereocenters. The first kappa shape index (κ1) is 32.3. The van der Waals surface area contributed by atoms with Gasteiger partial charge in [-0.15, -0.1) is 0 Å². The van der Waals surface area contributed by atoms with E-state index in [0.717, 1.165) is 12.3 Å². The Labute approximate surface area is 203 Å². The highest BCUT2D eigenvalue weighted by Gasteiger charge is 2.27. The predicted octanol–water partition coefficient (Wildman–Crippen LogP) is -0.980. The van der Waals surface area contributed by atoms with Gasteiger partial charge in [0.2, 0.25) is 5.43 Å². The number of aromatic carboxylic acids is 1. The summed E-state index contributed by atoms with van der Waals surface area (Å²) in [4.78, 5) is 44.8. The molecule has 1 aromatic carbocycles. The number of halogens is 2. The first-order valence-corrected chi connectivity index (χ1v) is 10.4. The fourth-order valence-corrected chi connectivity index (χ4v) is 3.58. The van der Waals surface area contributed by atoms with Crippen LogP contribution in [0.25, 0.3) is 10.9 Å². The van der Waals surface area contributed by atoms with Crippen LogP contribution in [0, 0.1) is 11.6 Å². The molecule has 10 N–H and O–H groups in total. The molecule has 2 unspecified atom stereocenters. The molecule has 15 heteroatoms. The lowest BCUT2D eigenvalue weighted by Crippen LogP contribution is -2.49. The van der Waals surface area contributed by atoms with E-state index in [4.69, 9.17) is 21.1 Å². The molecule has 1 aliphatic rings. The Bertz CT molecular complexity index is 1170. The molecule has 202 valence electrons. The van der Waals surface area contributed by atoms with Gasteiger partial charge in [-0.3, -0.25) is 14.4 Å². The number of carboxylic acids is 3. The third-order valence-corrected chi connectivity index (χ3v) is 5.20. The fraction of sp³-hybridized carbons (Fsp3) is 0.429. The lowest BCUT2D eigenvalue weighted by Gasteiger charge is -2.34. The van der Waals surface area contributed by atoms with Gasteiger partial charge in [-0.25, -0.2) is 13.6 Å². The van der Waals surface area contributed by atoms with Crippen molar-refractivity contribution in [3.8, 4) is 0 Å². The number of benzene rings is 1. The zero-order valence-corrected chi connectivity index (χ0v) is 19.5. The van der Waals surface area contributed by atoms with Crippen molar-refractivity contribution >= 4 is 34.5 Å². The first-order valence-electron chi connectivity index (χ1n) is 10.4. The first-order chi connectivity index (χ1) is 15.9. The standard InChI is InChI=1S/C17H19F2N3O3.C4H7NO4.2H2O/c1-3-21-8-11(17(24)25)16(23)10-6-12(18)15(13(19)14(10)21)22-5-4-20-9(2)7-22;5-2(4(8)9)1-3(6)7;;/h6,8-9,20H,3-5,7H2,1-2H3,(H,24,25);2H,1,5H2,(H,6,7)(H,8,9);2*1H2. The van der Waals surface area contributed by atoms with Crippen molar-refractivity contribution in [1.29, 1.82) is 0 Å². The number of aliphatic carboxylic acids is 2. The molecule has 0 saturated carbocycles. The second kappa shape index (κ2) is 13.4. The number of pyridine rings is 1. The summed E-state index contributed by atoms with van der Waals surface area (Å²) in [7, 11) is 0. The fourth-order valence-electron chi connectivity index (χ4n) is 3.58. The summed E-state index contributed by atoms with van der Waals surface area (Å²) in [6.45, 7) is 5.33. The van der Waals surface area contributed by atoms with Crippen LogP contribution in [0.2, 0.25) is 0 Å². The number of anilines is 1. The van der Waals surface area contributed by atoms with Crippen LogP contribution in [0.15, 0.2) is 17.1 Å². The van der Waals surface area contributed by atoms with Crippen LogP contribution in [0.3, 0.4) is 0 Å². The van der Waals surface area contributed by atoms with E-state index in [1.807, 2.05) is 6.92 Å². The second-order valence-electron chi connectivity index (χ2n) is 7.72. The summed E-state index contributed by atoms with van der Waals surface area (Å²) in [5.74, 6) is -5.61. The number of carboxylic acid groups (broad SMARTS) is 3. The third-order valence-electron chi connectivity index (χ3n) is 5.20. The molecule has 2 aromatic rings. The van der Waals surface area contributed by atoms with Crippen LogP contribution in [-0.2, 0) is 16.1 Å². The van der Waals surface area contributed by atoms with Crippen LogP contribution >= 0.6 is 0 Å². The number of fused-ring (bicyclic) bond motifs is 1. The average molecular weight is 520 g/mol. The quantitative estimate of drug-likeness (QED) is 0.312. The maximum absolute atomic E-state index is 15.2. The SMILES string of the molecule is CCn1cc(C(=O)O)c(=O)c2cc(F)c(N3CCNC(C)C3)c(F)c21.NC(CC(=O)O)C(=O)O.O.O. The lowest BCUT2D eigenvalue weighted by molar-refractivity contribution is -0.144. The highest BCUT2D eigenvalue weighted by atomic mass is 19.1. The highest BCUT2D eigenvalue weighted by molar-refractivity contribution is 5.93. The number of piperazine rings is 1. The molecule has 1 aliphatic heterocycles. The van der Waals surface area contributed by atoms with Crippen molar-refractivity contribution in [2.24, 2.45) is 5.73 Å². The largest absolute Gasteiger partial charge is 0.481 e. The Kier molecular flexibility index (Phi) is 12.1. The van der Waals surface area contributed by atoms with Crippen molar-refractivity contribution in [2.75, 3.05) is 24.5 Å². The van der Waals surface area contributed by atoms with E-state index in [-0.39, 0.29) is 40.1 Å². The van der Waals surface area contributed by atoms with Crippen molar-refractivity contribution in [3.63, 3.8) is 0 Å². The van der Waals surface area contributed by atoms with Gasteiger partial charge in [-0.1, -0.05) is 0 Å². The summed E-state index contributed by atoms with van der Waals surface area (Å²) in [5.41, 5.74) is 3.21. The van der Waals surface area contributed by atoms with Gasteiger partial charge in [0.15, 0.2) is 5.82 Å². The molecule has 1 fully saturated rings. The molecular formula is C21H30F2N4O9. The van der Waals surface area contributed by atoms with Gasteiger partial charge in [0.1, 0.15) is 23.1 Å². The zero-order chi connectivity index (χ0) is 25.7. The van der Waals surface area contributed by atoms with Crippen LogP contribution in [0.5, 0.6) is 0 Å². The van der Waals surface area contributed by atoms with Gasteiger partial charge in [0, 0.05) is 38.4 Å². The third kappa shape index (κ3) is 7.17. The molecule has 1 saturated heterocycles. The number of nitrogens with one attached hydrogen (secondary N) is 1. The molecule has 36 heavy (non-hydrogen) atoms. The van der Waals surface area contributed by atoms with Crippen LogP contribution in [0.1, 0.15) is 30.6 Å². The maximum atomic E-state index is 15.2. The van der Waals surface area contributed by atoms with Crippen molar-refractivity contribution in [2.45, 2.75) is 38.9 Å². The number of hydrogen-bond acceptors (Lipinski definition) is 7. The van der Waals surface area contributed by atoms with E-state index >= 15 is 4.39 Å². The summed E-state index contributed by atoms with van der Waals surface area (Å²) in [5, 5.41) is 28.1. The minimum atomic E-state index is -1.42. The molecule has 0 radical (unpaired) electrons. The highest BCUT2D eigenvalue weighted by Crippen LogP contribution is 2.30. The lowest BCUT2D eigenvalue weighted by atomic mass is 10.1. The molecular weight excluding hydrogens is 490 g/mol. The number of aryl methyl sites for hydroxylation is 1. The van der Waals surface area contributed by atoms with Gasteiger partial charge in [0.25, 0.3) is 0 Å². The zero-order valence-electron chi connectivity index (χ0n) is 19.5. The normalized spacial score (nSPS) is 15.6. The Hall–Kier alpha value is -3.66. The summed E-state index contributed by atoms with van der Waals surface area (Å²) in [6, 6.07) is -0.269. The molecule has 1 aromatic heterocycles. The Morgan fingerprint density at radius 2 is 1.83 bits per heavy atom. The molecule has 0 amide bonds. The van der Waals surface area contributed by atoms with Crippen molar-refractivity contribution < 1.29 is 49.4 Å². The van der Waals surface area contributed by atoms with Crippen LogP contribution < -0.4 is 21.4 Å². The molecule has 0 aliphatic carbocycles. The van der Waals surface area contributed by atoms with Crippen LogP contribution in [0.4, 0.5) is 14.5 Å². The predicted molar refractivity (Wildman–Crippen MR) is 126 cm³/mol. The van der Waals surface area contributed by atoms with Gasteiger partial charge in [-0.2, -0.15) is 0 Å². The van der Waals surface area contributed by atoms with Crippen molar-refractivity contribution in [1.82, 2.24) is 9.88 Å². The summed E-state index contributed by atoms with van der Waals surface area (Å²) < 4.78 is 31.2. The van der Waals surface area contributed by atoms with E-state index in [9.17, 15) is 23.6 Å². The van der Waals surface area contributed by atoms with E-state index in [1.165, 1.54) is 4.57 Å². The number of hydrogen-bond donors (Lipinski definition) is 5. The van der Waals surface area contributed by atoms with Gasteiger partial charge in [-0.05, 0) is 19.9 Å². The van der Waals surface area contributed by atoms with E-state index < -0.39 is 53.0 Å². The van der Waals surface area contributed by atoms with E-state index in [2.05, 4.69) is 5.32 Å². The number of carbonyl (C=O) groups is 3. The second-order valence-corrected chi connectivity index (χ2v) is 7.72. The minimum Gasteiger partial charge on any atom is -0.481 e. The van der Waals surface area contributed by atoms with Gasteiger partial charge >= 0.3 is 17.9 Å². The van der Waals surface area contributed by atoms with E-state index in [0.29, 0.717) is 19.6 Å². The molecule has 0 bridgehead atoms. The topological polar surface area (TPSA) is 238 Å². The number of nitrogens with zero attached hydrogens (tertiary/aromatic N) is 2. The molecule has 3 rings (SSSR count). The van der Waals surface area contributed by atoms with E-state index in [1.54, 1.807) is 11.8 Å². The maximum Gasteiger partial charge on any atom is 0.341 e. The Balaban J connectivity index is 0.000000963. The van der Waals surface area contributed by atoms with Crippen LogP contribution in [-0.4, -0.2) is 80.5 Å². The molecule has 13 nitrogen and oxygen atoms in total. The smallest absolute Gasteiger partial charge is 0.341 e. The van der Waals surface area contributed by atoms with Gasteiger partial charge < -0.3 is 46.8 Å². The van der Waals surface area contributed by atoms with Gasteiger partial charge in [0.05, 0.1) is 17.3 Å². The summed E-state index contributed by atoms with van der Waals surface area (Å²) in [6.07, 6.45) is 0.577. The number of nitrogens with two attached hydrogens (primary N) is 1. The minimum absolute atomic E-state index is 0. The Morgan fingerprint density at radius 3 is 2.28 bits per heavy atom. The Morgan fingerprint density at radius 1 is 1.22 bits per heavy atom. The average Bonchev–Trinajstić information content (AvgIpc) is 2.74. The monoisotopic (exact) mass is 520 g/mol. The van der Waals surface area contributed by atoms with Crippen molar-refractivity contribution in [3.05, 3.63) is 39.7 Å². The molecule has 2 heterocycles. The summed E-state index contributed by atoms with van der Waals surface area (Å²) >= 11 is 0. The molecule has 0 spiro atoms. The number of aromatic nitrogens is 1.